The predicted molar refractivity (Wildman–Crippen MR) is 112 cm³/mol. The fourth-order valence-electron chi connectivity index (χ4n) is 2.43. The van der Waals surface area contributed by atoms with Crippen LogP contribution >= 0.6 is 15.9 Å². The molecule has 29 heavy (non-hydrogen) atoms. The molecule has 0 aliphatic heterocycles. The van der Waals surface area contributed by atoms with Crippen molar-refractivity contribution < 1.29 is 28.5 Å². The van der Waals surface area contributed by atoms with E-state index in [2.05, 4.69) is 21.2 Å². The van der Waals surface area contributed by atoms with Gasteiger partial charge in [-0.1, -0.05) is 34.1 Å². The summed E-state index contributed by atoms with van der Waals surface area (Å²) in [6, 6.07) is 10.9. The average Bonchev–Trinajstić information content (AvgIpc) is 2.74. The van der Waals surface area contributed by atoms with Gasteiger partial charge in [-0.3, -0.25) is 4.79 Å². The highest BCUT2D eigenvalue weighted by atomic mass is 79.9. The molecule has 0 aliphatic carbocycles. The number of esters is 1. The zero-order chi connectivity index (χ0) is 21.2. The van der Waals surface area contributed by atoms with Crippen molar-refractivity contribution in [2.75, 3.05) is 27.9 Å². The highest BCUT2D eigenvalue weighted by Gasteiger charge is 2.12. The molecule has 2 aromatic rings. The Morgan fingerprint density at radius 2 is 1.69 bits per heavy atom. The number of hydrogen-bond acceptors (Lipinski definition) is 6. The van der Waals surface area contributed by atoms with Crippen LogP contribution in [0.5, 0.6) is 17.2 Å². The van der Waals surface area contributed by atoms with Crippen LogP contribution in [-0.2, 0) is 20.9 Å². The second-order valence-electron chi connectivity index (χ2n) is 5.77. The fraction of sp³-hybridized carbons (Fsp3) is 0.238. The lowest BCUT2D eigenvalue weighted by Crippen LogP contribution is -2.28. The Morgan fingerprint density at radius 3 is 2.28 bits per heavy atom. The molecule has 7 nitrogen and oxygen atoms in total. The first-order chi connectivity index (χ1) is 14.0. The largest absolute Gasteiger partial charge is 0.493 e. The standard InChI is InChI=1S/C21H22BrNO6/c1-26-17-10-14(11-18(27-2)21(17)28-3)8-9-20(25)29-13-19(24)23-12-15-6-4-5-7-16(15)22/h4-11H,12-13H2,1-3H3,(H,23,24)/b9-8+. The molecular formula is C21H22BrNO6. The molecule has 0 spiro atoms. The van der Waals surface area contributed by atoms with E-state index in [1.54, 1.807) is 12.1 Å². The van der Waals surface area contributed by atoms with Gasteiger partial charge < -0.3 is 24.3 Å². The normalized spacial score (nSPS) is 10.5. The number of ether oxygens (including phenoxy) is 4. The van der Waals surface area contributed by atoms with Gasteiger partial charge in [0.25, 0.3) is 5.91 Å². The highest BCUT2D eigenvalue weighted by molar-refractivity contribution is 9.10. The van der Waals surface area contributed by atoms with Gasteiger partial charge >= 0.3 is 5.97 Å². The lowest BCUT2D eigenvalue weighted by atomic mass is 10.1. The van der Waals surface area contributed by atoms with E-state index in [1.807, 2.05) is 24.3 Å². The maximum absolute atomic E-state index is 11.9. The van der Waals surface area contributed by atoms with Gasteiger partial charge in [-0.05, 0) is 35.4 Å². The monoisotopic (exact) mass is 463 g/mol. The maximum atomic E-state index is 11.9. The summed E-state index contributed by atoms with van der Waals surface area (Å²) in [5.74, 6) is 0.346. The molecule has 0 saturated carbocycles. The van der Waals surface area contributed by atoms with Crippen molar-refractivity contribution in [2.45, 2.75) is 6.54 Å². The number of amides is 1. The van der Waals surface area contributed by atoms with Gasteiger partial charge in [0.1, 0.15) is 0 Å². The van der Waals surface area contributed by atoms with Crippen LogP contribution in [0.25, 0.3) is 6.08 Å². The third-order valence-electron chi connectivity index (χ3n) is 3.88. The average molecular weight is 464 g/mol. The first-order valence-corrected chi connectivity index (χ1v) is 9.42. The molecule has 1 N–H and O–H groups in total. The zero-order valence-corrected chi connectivity index (χ0v) is 17.9. The molecule has 0 saturated heterocycles. The van der Waals surface area contributed by atoms with Crippen molar-refractivity contribution in [3.63, 3.8) is 0 Å². The fourth-order valence-corrected chi connectivity index (χ4v) is 2.86. The molecule has 0 atom stereocenters. The van der Waals surface area contributed by atoms with Crippen LogP contribution in [0.15, 0.2) is 46.9 Å². The summed E-state index contributed by atoms with van der Waals surface area (Å²) in [4.78, 5) is 23.8. The number of methoxy groups -OCH3 is 3. The van der Waals surface area contributed by atoms with E-state index in [4.69, 9.17) is 18.9 Å². The van der Waals surface area contributed by atoms with Crippen molar-refractivity contribution in [1.82, 2.24) is 5.32 Å². The molecule has 1 amide bonds. The number of benzene rings is 2. The van der Waals surface area contributed by atoms with E-state index in [1.165, 1.54) is 33.5 Å². The summed E-state index contributed by atoms with van der Waals surface area (Å²) in [5.41, 5.74) is 1.57. The summed E-state index contributed by atoms with van der Waals surface area (Å²) in [6.07, 6.45) is 2.76. The van der Waals surface area contributed by atoms with Crippen LogP contribution in [0.1, 0.15) is 11.1 Å². The van der Waals surface area contributed by atoms with Crippen LogP contribution < -0.4 is 19.5 Å². The quantitative estimate of drug-likeness (QED) is 0.453. The molecular weight excluding hydrogens is 442 g/mol. The second-order valence-corrected chi connectivity index (χ2v) is 6.62. The number of carbonyl (C=O) groups excluding carboxylic acids is 2. The first-order valence-electron chi connectivity index (χ1n) is 8.63. The Bertz CT molecular complexity index is 871. The van der Waals surface area contributed by atoms with Gasteiger partial charge in [0.05, 0.1) is 21.3 Å². The predicted octanol–water partition coefficient (Wildman–Crippen LogP) is 3.35. The van der Waals surface area contributed by atoms with E-state index >= 15 is 0 Å². The van der Waals surface area contributed by atoms with Crippen molar-refractivity contribution in [3.8, 4) is 17.2 Å². The first kappa shape index (κ1) is 22.3. The van der Waals surface area contributed by atoms with E-state index < -0.39 is 11.9 Å². The van der Waals surface area contributed by atoms with E-state index in [-0.39, 0.29) is 6.61 Å². The molecule has 0 bridgehead atoms. The number of hydrogen-bond donors (Lipinski definition) is 1. The molecule has 154 valence electrons. The van der Waals surface area contributed by atoms with Gasteiger partial charge in [-0.25, -0.2) is 4.79 Å². The topological polar surface area (TPSA) is 83.1 Å². The van der Waals surface area contributed by atoms with E-state index in [0.717, 1.165) is 10.0 Å². The Morgan fingerprint density at radius 1 is 1.03 bits per heavy atom. The number of rotatable bonds is 9. The molecule has 0 aromatic heterocycles. The molecule has 0 radical (unpaired) electrons. The van der Waals surface area contributed by atoms with Crippen LogP contribution in [0, 0.1) is 0 Å². The summed E-state index contributed by atoms with van der Waals surface area (Å²) in [5, 5.41) is 2.69. The van der Waals surface area contributed by atoms with Crippen LogP contribution in [0.2, 0.25) is 0 Å². The second kappa shape index (κ2) is 11.1. The SMILES string of the molecule is COc1cc(/C=C/C(=O)OCC(=O)NCc2ccccc2Br)cc(OC)c1OC. The Balaban J connectivity index is 1.89. The van der Waals surface area contributed by atoms with Crippen molar-refractivity contribution in [1.29, 1.82) is 0 Å². The summed E-state index contributed by atoms with van der Waals surface area (Å²) in [6.45, 7) is -0.0397. The van der Waals surface area contributed by atoms with Crippen molar-refractivity contribution in [2.24, 2.45) is 0 Å². The van der Waals surface area contributed by atoms with Gasteiger partial charge in [-0.2, -0.15) is 0 Å². The Hall–Kier alpha value is -3.00. The lowest BCUT2D eigenvalue weighted by Gasteiger charge is -2.12. The van der Waals surface area contributed by atoms with Gasteiger partial charge in [0, 0.05) is 17.1 Å². The molecule has 8 heteroatoms. The molecule has 0 unspecified atom stereocenters. The van der Waals surface area contributed by atoms with Crippen LogP contribution in [0.3, 0.4) is 0 Å². The maximum Gasteiger partial charge on any atom is 0.331 e. The van der Waals surface area contributed by atoms with E-state index in [0.29, 0.717) is 29.4 Å². The van der Waals surface area contributed by atoms with E-state index in [9.17, 15) is 9.59 Å². The van der Waals surface area contributed by atoms with Crippen LogP contribution in [0.4, 0.5) is 0 Å². The van der Waals surface area contributed by atoms with Crippen molar-refractivity contribution >= 4 is 33.9 Å². The number of carbonyl (C=O) groups is 2. The molecule has 0 fully saturated rings. The molecule has 0 aliphatic rings. The zero-order valence-electron chi connectivity index (χ0n) is 16.4. The van der Waals surface area contributed by atoms with Gasteiger partial charge in [-0.15, -0.1) is 0 Å². The highest BCUT2D eigenvalue weighted by Crippen LogP contribution is 2.38. The Labute approximate surface area is 177 Å². The smallest absolute Gasteiger partial charge is 0.331 e. The van der Waals surface area contributed by atoms with Gasteiger partial charge in [0.2, 0.25) is 5.75 Å². The van der Waals surface area contributed by atoms with Gasteiger partial charge in [0.15, 0.2) is 18.1 Å². The number of halogens is 1. The third kappa shape index (κ3) is 6.53. The minimum absolute atomic E-state index is 0.332. The molecule has 0 heterocycles. The summed E-state index contributed by atoms with van der Waals surface area (Å²) >= 11 is 3.41. The third-order valence-corrected chi connectivity index (χ3v) is 4.65. The minimum Gasteiger partial charge on any atom is -0.493 e. The summed E-state index contributed by atoms with van der Waals surface area (Å²) < 4.78 is 21.6. The number of nitrogens with one attached hydrogen (secondary N) is 1. The molecule has 2 rings (SSSR count). The minimum atomic E-state index is -0.644. The lowest BCUT2D eigenvalue weighted by molar-refractivity contribution is -0.143. The van der Waals surface area contributed by atoms with Crippen LogP contribution in [-0.4, -0.2) is 39.8 Å². The van der Waals surface area contributed by atoms with Crippen molar-refractivity contribution in [3.05, 3.63) is 58.1 Å². The summed E-state index contributed by atoms with van der Waals surface area (Å²) in [7, 11) is 4.52. The Kier molecular flexibility index (Phi) is 8.54. The molecule has 2 aromatic carbocycles.